The molecule has 1 aliphatic carbocycles. The molecule has 0 spiro atoms. The van der Waals surface area contributed by atoms with Gasteiger partial charge in [0.15, 0.2) is 5.41 Å². The third kappa shape index (κ3) is 5.55. The maximum Gasteiger partial charge on any atom is 0.327 e. The van der Waals surface area contributed by atoms with Crippen LogP contribution in [-0.2, 0) is 23.9 Å². The van der Waals surface area contributed by atoms with E-state index in [9.17, 15) is 14.4 Å². The van der Waals surface area contributed by atoms with Crippen LogP contribution >= 0.6 is 0 Å². The van der Waals surface area contributed by atoms with Gasteiger partial charge in [0.1, 0.15) is 6.29 Å². The number of ether oxygens (including phenoxy) is 2. The summed E-state index contributed by atoms with van der Waals surface area (Å²) in [5, 5.41) is 0. The van der Waals surface area contributed by atoms with Gasteiger partial charge in [-0.15, -0.1) is 0 Å². The number of allylic oxidation sites excluding steroid dienone is 6. The molecule has 26 heavy (non-hydrogen) atoms. The first-order chi connectivity index (χ1) is 12.6. The number of carbonyl (C=O) groups excluding carboxylic acids is 3. The van der Waals surface area contributed by atoms with E-state index >= 15 is 0 Å². The number of methoxy groups -OCH3 is 2. The van der Waals surface area contributed by atoms with Gasteiger partial charge in [0.25, 0.3) is 0 Å². The molecule has 0 N–H and O–H groups in total. The van der Waals surface area contributed by atoms with Gasteiger partial charge in [-0.3, -0.25) is 9.59 Å². The SMILES string of the molecule is C=C/C=C/C(C/C=C/C=C/[C@@H]1CCCC[C@@H]1C=O)(C(=O)OC)C(=O)OC. The molecule has 142 valence electrons. The third-order valence-electron chi connectivity index (χ3n) is 4.71. The molecule has 0 heterocycles. The van der Waals surface area contributed by atoms with Crippen molar-refractivity contribution in [3.05, 3.63) is 49.1 Å². The Morgan fingerprint density at radius 1 is 1.04 bits per heavy atom. The Morgan fingerprint density at radius 3 is 2.19 bits per heavy atom. The Morgan fingerprint density at radius 2 is 1.65 bits per heavy atom. The molecule has 1 rings (SSSR count). The van der Waals surface area contributed by atoms with E-state index in [2.05, 4.69) is 6.58 Å². The number of hydrogen-bond acceptors (Lipinski definition) is 5. The van der Waals surface area contributed by atoms with Gasteiger partial charge in [-0.1, -0.05) is 62.0 Å². The number of aldehydes is 1. The highest BCUT2D eigenvalue weighted by molar-refractivity contribution is 6.02. The molecular weight excluding hydrogens is 332 g/mol. The van der Waals surface area contributed by atoms with Crippen molar-refractivity contribution >= 4 is 18.2 Å². The van der Waals surface area contributed by atoms with Gasteiger partial charge >= 0.3 is 11.9 Å². The zero-order chi connectivity index (χ0) is 19.4. The minimum atomic E-state index is -1.54. The summed E-state index contributed by atoms with van der Waals surface area (Å²) in [6.07, 6.45) is 17.1. The second kappa shape index (κ2) is 11.2. The highest BCUT2D eigenvalue weighted by Gasteiger charge is 2.45. The normalized spacial score (nSPS) is 21.2. The summed E-state index contributed by atoms with van der Waals surface area (Å²) < 4.78 is 9.60. The van der Waals surface area contributed by atoms with Gasteiger partial charge < -0.3 is 14.3 Å². The van der Waals surface area contributed by atoms with Crippen LogP contribution in [0.3, 0.4) is 0 Å². The molecule has 0 unspecified atom stereocenters. The lowest BCUT2D eigenvalue weighted by Crippen LogP contribution is -2.39. The quantitative estimate of drug-likeness (QED) is 0.272. The van der Waals surface area contributed by atoms with Gasteiger partial charge in [0, 0.05) is 5.92 Å². The molecule has 0 aromatic heterocycles. The average molecular weight is 360 g/mol. The van der Waals surface area contributed by atoms with Gasteiger partial charge in [-0.25, -0.2) is 0 Å². The van der Waals surface area contributed by atoms with Crippen molar-refractivity contribution in [3.63, 3.8) is 0 Å². The highest BCUT2D eigenvalue weighted by atomic mass is 16.5. The minimum Gasteiger partial charge on any atom is -0.468 e. The van der Waals surface area contributed by atoms with Crippen LogP contribution in [0.5, 0.6) is 0 Å². The minimum absolute atomic E-state index is 0.0770. The van der Waals surface area contributed by atoms with Gasteiger partial charge in [0.05, 0.1) is 14.2 Å². The van der Waals surface area contributed by atoms with Crippen molar-refractivity contribution in [1.29, 1.82) is 0 Å². The largest absolute Gasteiger partial charge is 0.468 e. The predicted molar refractivity (Wildman–Crippen MR) is 100 cm³/mol. The van der Waals surface area contributed by atoms with Crippen molar-refractivity contribution in [2.45, 2.75) is 32.1 Å². The Kier molecular flexibility index (Phi) is 9.34. The van der Waals surface area contributed by atoms with Crippen LogP contribution in [0, 0.1) is 17.3 Å². The van der Waals surface area contributed by atoms with Gasteiger partial charge in [-0.2, -0.15) is 0 Å². The van der Waals surface area contributed by atoms with Crippen LogP contribution in [0.15, 0.2) is 49.1 Å². The summed E-state index contributed by atoms with van der Waals surface area (Å²) in [6, 6.07) is 0. The first kappa shape index (κ1) is 21.6. The second-order valence-corrected chi connectivity index (χ2v) is 6.31. The lowest BCUT2D eigenvalue weighted by atomic mass is 9.80. The van der Waals surface area contributed by atoms with Crippen molar-refractivity contribution in [3.8, 4) is 0 Å². The van der Waals surface area contributed by atoms with E-state index in [1.807, 2.05) is 12.2 Å². The van der Waals surface area contributed by atoms with E-state index in [0.717, 1.165) is 32.0 Å². The highest BCUT2D eigenvalue weighted by Crippen LogP contribution is 2.30. The fraction of sp³-hybridized carbons (Fsp3) is 0.476. The lowest BCUT2D eigenvalue weighted by Gasteiger charge is -2.24. The summed E-state index contributed by atoms with van der Waals surface area (Å²) in [5.74, 6) is -1.06. The zero-order valence-corrected chi connectivity index (χ0v) is 15.6. The molecule has 0 bridgehead atoms. The van der Waals surface area contributed by atoms with Crippen molar-refractivity contribution < 1.29 is 23.9 Å². The Labute approximate surface area is 155 Å². The summed E-state index contributed by atoms with van der Waals surface area (Å²) in [7, 11) is 2.46. The summed E-state index contributed by atoms with van der Waals surface area (Å²) in [6.45, 7) is 3.56. The standard InChI is InChI=1S/C21H28O5/c1-4-5-14-21(19(23)25-2,20(24)26-3)15-10-6-7-11-17-12-8-9-13-18(17)16-22/h4-7,10-11,14,16-18H,1,8-9,12-13,15H2,2-3H3/b10-6+,11-7+,14-5+/t17-,18-/m1/s1. The Bertz CT molecular complexity index is 569. The first-order valence-electron chi connectivity index (χ1n) is 8.81. The Balaban J connectivity index is 2.89. The molecule has 2 atom stereocenters. The zero-order valence-electron chi connectivity index (χ0n) is 15.6. The smallest absolute Gasteiger partial charge is 0.327 e. The van der Waals surface area contributed by atoms with Crippen LogP contribution < -0.4 is 0 Å². The summed E-state index contributed by atoms with van der Waals surface area (Å²) in [5.41, 5.74) is -1.54. The van der Waals surface area contributed by atoms with E-state index in [1.165, 1.54) is 32.4 Å². The predicted octanol–water partition coefficient (Wildman–Crippen LogP) is 3.57. The van der Waals surface area contributed by atoms with Gasteiger partial charge in [0.2, 0.25) is 0 Å². The van der Waals surface area contributed by atoms with Gasteiger partial charge in [-0.05, 0) is 25.2 Å². The molecule has 0 saturated heterocycles. The molecule has 1 saturated carbocycles. The number of esters is 2. The van der Waals surface area contributed by atoms with E-state index < -0.39 is 17.4 Å². The molecule has 0 aliphatic heterocycles. The molecule has 0 aromatic carbocycles. The maximum absolute atomic E-state index is 12.2. The van der Waals surface area contributed by atoms with E-state index in [0.29, 0.717) is 0 Å². The lowest BCUT2D eigenvalue weighted by molar-refractivity contribution is -0.164. The van der Waals surface area contributed by atoms with Crippen LogP contribution in [0.25, 0.3) is 0 Å². The van der Waals surface area contributed by atoms with Crippen LogP contribution in [0.1, 0.15) is 32.1 Å². The number of hydrogen-bond donors (Lipinski definition) is 0. The van der Waals surface area contributed by atoms with Crippen LogP contribution in [0.4, 0.5) is 0 Å². The third-order valence-corrected chi connectivity index (χ3v) is 4.71. The molecule has 5 nitrogen and oxygen atoms in total. The summed E-state index contributed by atoms with van der Waals surface area (Å²) >= 11 is 0. The molecule has 1 aliphatic rings. The molecule has 0 aromatic rings. The first-order valence-corrected chi connectivity index (χ1v) is 8.81. The molecular formula is C21H28O5. The Hall–Kier alpha value is -2.43. The van der Waals surface area contributed by atoms with Crippen molar-refractivity contribution in [2.24, 2.45) is 17.3 Å². The molecule has 1 fully saturated rings. The van der Waals surface area contributed by atoms with Crippen LogP contribution in [0.2, 0.25) is 0 Å². The number of rotatable bonds is 9. The maximum atomic E-state index is 12.2. The monoisotopic (exact) mass is 360 g/mol. The molecule has 0 radical (unpaired) electrons. The van der Waals surface area contributed by atoms with Crippen LogP contribution in [-0.4, -0.2) is 32.4 Å². The average Bonchev–Trinajstić information content (AvgIpc) is 2.69. The van der Waals surface area contributed by atoms with Crippen molar-refractivity contribution in [2.75, 3.05) is 14.2 Å². The van der Waals surface area contributed by atoms with E-state index in [4.69, 9.17) is 9.47 Å². The summed E-state index contributed by atoms with van der Waals surface area (Å²) in [4.78, 5) is 35.6. The second-order valence-electron chi connectivity index (χ2n) is 6.31. The molecule has 5 heteroatoms. The fourth-order valence-corrected chi connectivity index (χ4v) is 3.19. The van der Waals surface area contributed by atoms with Crippen molar-refractivity contribution in [1.82, 2.24) is 0 Å². The van der Waals surface area contributed by atoms with E-state index in [1.54, 1.807) is 12.2 Å². The topological polar surface area (TPSA) is 69.7 Å². The number of carbonyl (C=O) groups is 3. The fourth-order valence-electron chi connectivity index (χ4n) is 3.19. The van der Waals surface area contributed by atoms with E-state index in [-0.39, 0.29) is 18.3 Å². The molecule has 0 amide bonds.